The van der Waals surface area contributed by atoms with Crippen molar-refractivity contribution in [2.24, 2.45) is 0 Å². The van der Waals surface area contributed by atoms with Crippen LogP contribution in [0.4, 0.5) is 9.59 Å². The van der Waals surface area contributed by atoms with E-state index in [0.29, 0.717) is 5.82 Å². The summed E-state index contributed by atoms with van der Waals surface area (Å²) < 4.78 is 9.80. The highest BCUT2D eigenvalue weighted by Crippen LogP contribution is 2.35. The van der Waals surface area contributed by atoms with Crippen molar-refractivity contribution < 1.29 is 19.1 Å². The number of benzene rings is 2. The van der Waals surface area contributed by atoms with E-state index in [2.05, 4.69) is 31.4 Å². The zero-order valence-corrected chi connectivity index (χ0v) is 20.0. The van der Waals surface area contributed by atoms with Crippen LogP contribution in [0.3, 0.4) is 0 Å². The van der Waals surface area contributed by atoms with E-state index in [-0.39, 0.29) is 6.54 Å². The van der Waals surface area contributed by atoms with E-state index in [1.165, 1.54) is 7.11 Å². The molecule has 0 aliphatic rings. The third-order valence-corrected chi connectivity index (χ3v) is 5.73. The number of rotatable bonds is 6. The van der Waals surface area contributed by atoms with Gasteiger partial charge in [-0.15, -0.1) is 0 Å². The topological polar surface area (TPSA) is 118 Å². The molecular weight excluding hydrogens is 446 g/mol. The quantitative estimate of drug-likeness (QED) is 0.375. The normalized spacial score (nSPS) is 11.2. The number of nitrogens with zero attached hydrogens (tertiary/aromatic N) is 2. The summed E-state index contributed by atoms with van der Waals surface area (Å²) in [5.74, 6) is 1.49. The number of amides is 3. The number of imide groups is 1. The van der Waals surface area contributed by atoms with Crippen LogP contribution in [0.25, 0.3) is 33.3 Å². The molecule has 2 aromatic heterocycles. The lowest BCUT2D eigenvalue weighted by Gasteiger charge is -2.22. The number of aromatic amines is 1. The fraction of sp³-hybridized carbons (Fsp3) is 0.231. The molecule has 0 aliphatic carbocycles. The monoisotopic (exact) mass is 473 g/mol. The maximum Gasteiger partial charge on any atom is 0.415 e. The summed E-state index contributed by atoms with van der Waals surface area (Å²) in [5.41, 5.74) is 2.95. The lowest BCUT2D eigenvalue weighted by Crippen LogP contribution is -2.44. The summed E-state index contributed by atoms with van der Waals surface area (Å²) in [6.07, 6.45) is 2.64. The van der Waals surface area contributed by atoms with Gasteiger partial charge in [0.05, 0.1) is 25.6 Å². The second-order valence-corrected chi connectivity index (χ2v) is 8.66. The Morgan fingerprint density at radius 3 is 2.40 bits per heavy atom. The molecule has 0 atom stereocenters. The molecular formula is C26H27N5O4. The predicted molar refractivity (Wildman–Crippen MR) is 133 cm³/mol. The SMILES string of the molecule is COC(=O)NC(=O)NCC(C)(C)c1nc(-c2ccc3cc(OC)ccc3c2)c(-c2ccncc2)[nH]1. The lowest BCUT2D eigenvalue weighted by atomic mass is 9.92. The van der Waals surface area contributed by atoms with Gasteiger partial charge >= 0.3 is 12.1 Å². The zero-order chi connectivity index (χ0) is 25.0. The van der Waals surface area contributed by atoms with Gasteiger partial charge in [0.15, 0.2) is 0 Å². The van der Waals surface area contributed by atoms with Crippen molar-refractivity contribution in [2.45, 2.75) is 19.3 Å². The summed E-state index contributed by atoms with van der Waals surface area (Å²) in [6, 6.07) is 15.3. The number of carbonyl (C=O) groups excluding carboxylic acids is 2. The van der Waals surface area contributed by atoms with Gasteiger partial charge in [-0.25, -0.2) is 19.9 Å². The van der Waals surface area contributed by atoms with Gasteiger partial charge in [0.25, 0.3) is 0 Å². The number of carbonyl (C=O) groups is 2. The van der Waals surface area contributed by atoms with E-state index < -0.39 is 17.5 Å². The van der Waals surface area contributed by atoms with Gasteiger partial charge in [0, 0.05) is 35.5 Å². The minimum atomic E-state index is -0.825. The largest absolute Gasteiger partial charge is 0.497 e. The number of methoxy groups -OCH3 is 2. The van der Waals surface area contributed by atoms with Gasteiger partial charge in [-0.1, -0.05) is 32.0 Å². The van der Waals surface area contributed by atoms with Crippen LogP contribution in [0, 0.1) is 0 Å². The molecule has 0 unspecified atom stereocenters. The smallest absolute Gasteiger partial charge is 0.415 e. The lowest BCUT2D eigenvalue weighted by molar-refractivity contribution is 0.170. The summed E-state index contributed by atoms with van der Waals surface area (Å²) in [6.45, 7) is 4.14. The van der Waals surface area contributed by atoms with Gasteiger partial charge in [-0.05, 0) is 41.1 Å². The van der Waals surface area contributed by atoms with E-state index in [4.69, 9.17) is 9.72 Å². The first-order valence-electron chi connectivity index (χ1n) is 11.0. The summed E-state index contributed by atoms with van der Waals surface area (Å²) >= 11 is 0. The maximum absolute atomic E-state index is 12.0. The Morgan fingerprint density at radius 2 is 1.69 bits per heavy atom. The average molecular weight is 474 g/mol. The first kappa shape index (κ1) is 23.7. The molecule has 0 bridgehead atoms. The van der Waals surface area contributed by atoms with Crippen molar-refractivity contribution in [2.75, 3.05) is 20.8 Å². The van der Waals surface area contributed by atoms with E-state index in [1.807, 2.05) is 56.3 Å². The Labute approximate surface area is 202 Å². The van der Waals surface area contributed by atoms with E-state index in [1.54, 1.807) is 19.5 Å². The van der Waals surface area contributed by atoms with Gasteiger partial charge in [0.1, 0.15) is 11.6 Å². The van der Waals surface area contributed by atoms with Crippen LogP contribution >= 0.6 is 0 Å². The molecule has 0 radical (unpaired) electrons. The number of ether oxygens (including phenoxy) is 2. The van der Waals surface area contributed by atoms with Crippen molar-refractivity contribution in [3.8, 4) is 28.3 Å². The number of nitrogens with one attached hydrogen (secondary N) is 3. The van der Waals surface area contributed by atoms with Gasteiger partial charge in [0.2, 0.25) is 0 Å². The highest BCUT2D eigenvalue weighted by Gasteiger charge is 2.28. The summed E-state index contributed by atoms with van der Waals surface area (Å²) in [4.78, 5) is 35.8. The third-order valence-electron chi connectivity index (χ3n) is 5.73. The highest BCUT2D eigenvalue weighted by atomic mass is 16.5. The van der Waals surface area contributed by atoms with Crippen LogP contribution in [0.2, 0.25) is 0 Å². The van der Waals surface area contributed by atoms with Gasteiger partial charge in [-0.2, -0.15) is 0 Å². The molecule has 3 amide bonds. The number of urea groups is 1. The van der Waals surface area contributed by atoms with Gasteiger partial charge < -0.3 is 19.8 Å². The number of imidazole rings is 1. The van der Waals surface area contributed by atoms with Crippen LogP contribution in [0.1, 0.15) is 19.7 Å². The Kier molecular flexibility index (Phi) is 6.68. The molecule has 9 nitrogen and oxygen atoms in total. The number of alkyl carbamates (subject to hydrolysis) is 1. The van der Waals surface area contributed by atoms with Crippen LogP contribution in [-0.4, -0.2) is 47.8 Å². The number of H-pyrrole nitrogens is 1. The fourth-order valence-corrected chi connectivity index (χ4v) is 3.70. The van der Waals surface area contributed by atoms with Crippen LogP contribution in [-0.2, 0) is 10.2 Å². The molecule has 3 N–H and O–H groups in total. The molecule has 4 aromatic rings. The molecule has 4 rings (SSSR count). The average Bonchev–Trinajstić information content (AvgIpc) is 3.34. The van der Waals surface area contributed by atoms with Crippen molar-refractivity contribution in [1.29, 1.82) is 0 Å². The number of fused-ring (bicyclic) bond motifs is 1. The number of hydrogen-bond acceptors (Lipinski definition) is 6. The molecule has 2 aromatic carbocycles. The number of aromatic nitrogens is 3. The van der Waals surface area contributed by atoms with Crippen LogP contribution < -0.4 is 15.4 Å². The number of pyridine rings is 1. The first-order valence-corrected chi connectivity index (χ1v) is 11.0. The molecule has 2 heterocycles. The Morgan fingerprint density at radius 1 is 0.971 bits per heavy atom. The molecule has 0 saturated carbocycles. The van der Waals surface area contributed by atoms with E-state index in [9.17, 15) is 9.59 Å². The zero-order valence-electron chi connectivity index (χ0n) is 20.0. The van der Waals surface area contributed by atoms with E-state index >= 15 is 0 Å². The van der Waals surface area contributed by atoms with Crippen molar-refractivity contribution in [3.63, 3.8) is 0 Å². The predicted octanol–water partition coefficient (Wildman–Crippen LogP) is 4.64. The molecule has 9 heteroatoms. The second kappa shape index (κ2) is 9.84. The fourth-order valence-electron chi connectivity index (χ4n) is 3.70. The van der Waals surface area contributed by atoms with E-state index in [0.717, 1.165) is 39.0 Å². The summed E-state index contributed by atoms with van der Waals surface area (Å²) in [5, 5.41) is 6.92. The van der Waals surface area contributed by atoms with Crippen LogP contribution in [0.15, 0.2) is 60.9 Å². The first-order chi connectivity index (χ1) is 16.8. The molecule has 180 valence electrons. The minimum absolute atomic E-state index is 0.232. The molecule has 35 heavy (non-hydrogen) atoms. The van der Waals surface area contributed by atoms with Crippen LogP contribution in [0.5, 0.6) is 5.75 Å². The Balaban J connectivity index is 1.71. The molecule has 0 fully saturated rings. The maximum atomic E-state index is 12.0. The standard InChI is InChI=1S/C26H27N5O4/c1-26(2,15-28-24(32)31-25(33)35-4)23-29-21(16-9-11-27-12-10-16)22(30-23)19-6-5-18-14-20(34-3)8-7-17(18)13-19/h5-14H,15H2,1-4H3,(H,29,30)(H2,28,31,32,33). The minimum Gasteiger partial charge on any atom is -0.497 e. The molecule has 0 saturated heterocycles. The Bertz CT molecular complexity index is 1360. The van der Waals surface area contributed by atoms with Gasteiger partial charge in [-0.3, -0.25) is 4.98 Å². The summed E-state index contributed by atoms with van der Waals surface area (Å²) in [7, 11) is 2.85. The second-order valence-electron chi connectivity index (χ2n) is 8.66. The highest BCUT2D eigenvalue weighted by molar-refractivity contribution is 5.91. The van der Waals surface area contributed by atoms with Crippen molar-refractivity contribution in [1.82, 2.24) is 25.6 Å². The van der Waals surface area contributed by atoms with Crippen molar-refractivity contribution in [3.05, 3.63) is 66.7 Å². The van der Waals surface area contributed by atoms with Crippen molar-refractivity contribution >= 4 is 22.9 Å². The Hall–Kier alpha value is -4.40. The molecule has 0 aliphatic heterocycles. The molecule has 0 spiro atoms. The number of hydrogen-bond donors (Lipinski definition) is 3. The third kappa shape index (κ3) is 5.24.